The van der Waals surface area contributed by atoms with E-state index in [0.717, 1.165) is 23.9 Å². The molecule has 2 heterocycles. The van der Waals surface area contributed by atoms with Crippen LogP contribution in [0.3, 0.4) is 0 Å². The average Bonchev–Trinajstić information content (AvgIpc) is 2.38. The second-order valence-electron chi connectivity index (χ2n) is 6.74. The third-order valence-electron chi connectivity index (χ3n) is 4.27. The lowest BCUT2D eigenvalue weighted by Crippen LogP contribution is -2.37. The Hall–Kier alpha value is -0.930. The Morgan fingerprint density at radius 1 is 1.21 bits per heavy atom. The van der Waals surface area contributed by atoms with E-state index in [1.807, 2.05) is 6.07 Å². The van der Waals surface area contributed by atoms with Crippen molar-refractivity contribution in [2.75, 3.05) is 13.1 Å². The summed E-state index contributed by atoms with van der Waals surface area (Å²) in [6.45, 7) is 11.0. The number of nitrogens with two attached hydrogens (primary N) is 1. The Kier molecular flexibility index (Phi) is 4.58. The van der Waals surface area contributed by atoms with Crippen LogP contribution < -0.4 is 5.73 Å². The van der Waals surface area contributed by atoms with Gasteiger partial charge in [0.15, 0.2) is 0 Å². The molecular formula is C16H27N3. The summed E-state index contributed by atoms with van der Waals surface area (Å²) < 4.78 is 0. The van der Waals surface area contributed by atoms with Crippen LogP contribution in [0.15, 0.2) is 18.2 Å². The standard InChI is InChI=1S/C16H27N3/c1-16(2,3)13-7-9-19(10-8-13)12-15-6-4-5-14(11-17)18-15/h4-6,13H,7-12,17H2,1-3H3. The highest BCUT2D eigenvalue weighted by Gasteiger charge is 2.28. The molecule has 0 unspecified atom stereocenters. The number of hydrogen-bond donors (Lipinski definition) is 1. The zero-order chi connectivity index (χ0) is 13.9. The van der Waals surface area contributed by atoms with Crippen LogP contribution in [0.5, 0.6) is 0 Å². The van der Waals surface area contributed by atoms with Crippen molar-refractivity contribution < 1.29 is 0 Å². The molecule has 0 radical (unpaired) electrons. The molecule has 1 saturated heterocycles. The van der Waals surface area contributed by atoms with Crippen LogP contribution in [-0.2, 0) is 13.1 Å². The molecule has 1 aromatic heterocycles. The summed E-state index contributed by atoms with van der Waals surface area (Å²) in [4.78, 5) is 7.11. The van der Waals surface area contributed by atoms with E-state index >= 15 is 0 Å². The topological polar surface area (TPSA) is 42.1 Å². The third-order valence-corrected chi connectivity index (χ3v) is 4.27. The molecule has 19 heavy (non-hydrogen) atoms. The highest BCUT2D eigenvalue weighted by Crippen LogP contribution is 2.34. The fourth-order valence-electron chi connectivity index (χ4n) is 2.92. The molecule has 3 heteroatoms. The quantitative estimate of drug-likeness (QED) is 0.909. The van der Waals surface area contributed by atoms with E-state index in [9.17, 15) is 0 Å². The smallest absolute Gasteiger partial charge is 0.0547 e. The normalized spacial score (nSPS) is 18.7. The number of piperidine rings is 1. The summed E-state index contributed by atoms with van der Waals surface area (Å²) in [6, 6.07) is 6.16. The number of pyridine rings is 1. The molecule has 2 rings (SSSR count). The summed E-state index contributed by atoms with van der Waals surface area (Å²) in [5.74, 6) is 0.854. The molecule has 0 saturated carbocycles. The monoisotopic (exact) mass is 261 g/mol. The van der Waals surface area contributed by atoms with Gasteiger partial charge in [0.2, 0.25) is 0 Å². The Morgan fingerprint density at radius 3 is 2.42 bits per heavy atom. The lowest BCUT2D eigenvalue weighted by atomic mass is 9.75. The zero-order valence-corrected chi connectivity index (χ0v) is 12.5. The van der Waals surface area contributed by atoms with E-state index in [1.54, 1.807) is 0 Å². The van der Waals surface area contributed by atoms with Gasteiger partial charge >= 0.3 is 0 Å². The van der Waals surface area contributed by atoms with Gasteiger partial charge < -0.3 is 5.73 Å². The van der Waals surface area contributed by atoms with Gasteiger partial charge in [-0.05, 0) is 49.4 Å². The summed E-state index contributed by atoms with van der Waals surface area (Å²) >= 11 is 0. The van der Waals surface area contributed by atoms with Gasteiger partial charge in [-0.3, -0.25) is 9.88 Å². The van der Waals surface area contributed by atoms with Gasteiger partial charge in [-0.25, -0.2) is 0 Å². The van der Waals surface area contributed by atoms with E-state index in [-0.39, 0.29) is 0 Å². The van der Waals surface area contributed by atoms with Crippen LogP contribution in [-0.4, -0.2) is 23.0 Å². The van der Waals surface area contributed by atoms with Gasteiger partial charge in [-0.2, -0.15) is 0 Å². The minimum absolute atomic E-state index is 0.448. The van der Waals surface area contributed by atoms with Crippen molar-refractivity contribution in [3.05, 3.63) is 29.6 Å². The molecule has 0 bridgehead atoms. The molecule has 1 aliphatic heterocycles. The van der Waals surface area contributed by atoms with E-state index in [2.05, 4.69) is 42.8 Å². The van der Waals surface area contributed by atoms with Crippen LogP contribution in [0.25, 0.3) is 0 Å². The first kappa shape index (κ1) is 14.5. The molecule has 0 spiro atoms. The van der Waals surface area contributed by atoms with E-state index < -0.39 is 0 Å². The Labute approximate surface area is 117 Å². The van der Waals surface area contributed by atoms with E-state index in [0.29, 0.717) is 12.0 Å². The predicted octanol–water partition coefficient (Wildman–Crippen LogP) is 2.80. The van der Waals surface area contributed by atoms with Crippen LogP contribution >= 0.6 is 0 Å². The first-order valence-electron chi connectivity index (χ1n) is 7.36. The Morgan fingerprint density at radius 2 is 1.84 bits per heavy atom. The SMILES string of the molecule is CC(C)(C)C1CCN(Cc2cccc(CN)n2)CC1. The van der Waals surface area contributed by atoms with Crippen molar-refractivity contribution in [2.24, 2.45) is 17.1 Å². The largest absolute Gasteiger partial charge is 0.325 e. The molecule has 0 atom stereocenters. The van der Waals surface area contributed by atoms with Gasteiger partial charge in [-0.1, -0.05) is 26.8 Å². The number of likely N-dealkylation sites (tertiary alicyclic amines) is 1. The van der Waals surface area contributed by atoms with Crippen LogP contribution in [0, 0.1) is 11.3 Å². The molecule has 0 aromatic carbocycles. The van der Waals surface area contributed by atoms with Crippen molar-refractivity contribution in [3.8, 4) is 0 Å². The van der Waals surface area contributed by atoms with Gasteiger partial charge in [0.1, 0.15) is 0 Å². The summed E-state index contributed by atoms with van der Waals surface area (Å²) in [5, 5.41) is 0. The van der Waals surface area contributed by atoms with Crippen LogP contribution in [0.2, 0.25) is 0 Å². The van der Waals surface area contributed by atoms with Crippen molar-refractivity contribution in [2.45, 2.75) is 46.7 Å². The maximum Gasteiger partial charge on any atom is 0.0547 e. The first-order valence-corrected chi connectivity index (χ1v) is 7.36. The lowest BCUT2D eigenvalue weighted by molar-refractivity contribution is 0.107. The number of rotatable bonds is 3. The fraction of sp³-hybridized carbons (Fsp3) is 0.688. The lowest BCUT2D eigenvalue weighted by Gasteiger charge is -2.38. The molecule has 1 aromatic rings. The summed E-state index contributed by atoms with van der Waals surface area (Å²) in [5.41, 5.74) is 8.23. The molecule has 0 aliphatic carbocycles. The van der Waals surface area contributed by atoms with E-state index in [1.165, 1.54) is 25.9 Å². The second kappa shape index (κ2) is 6.02. The number of hydrogen-bond acceptors (Lipinski definition) is 3. The first-order chi connectivity index (χ1) is 8.99. The third kappa shape index (κ3) is 4.02. The van der Waals surface area contributed by atoms with Gasteiger partial charge in [-0.15, -0.1) is 0 Å². The summed E-state index contributed by atoms with van der Waals surface area (Å²) in [6.07, 6.45) is 2.61. The van der Waals surface area contributed by atoms with Crippen molar-refractivity contribution in [1.29, 1.82) is 0 Å². The minimum Gasteiger partial charge on any atom is -0.325 e. The molecule has 3 nitrogen and oxygen atoms in total. The second-order valence-corrected chi connectivity index (χ2v) is 6.74. The molecule has 1 fully saturated rings. The highest BCUT2D eigenvalue weighted by molar-refractivity contribution is 5.11. The van der Waals surface area contributed by atoms with Crippen molar-refractivity contribution >= 4 is 0 Å². The maximum absolute atomic E-state index is 5.64. The zero-order valence-electron chi connectivity index (χ0n) is 12.5. The van der Waals surface area contributed by atoms with Gasteiger partial charge in [0, 0.05) is 13.1 Å². The van der Waals surface area contributed by atoms with Crippen molar-refractivity contribution in [1.82, 2.24) is 9.88 Å². The molecule has 2 N–H and O–H groups in total. The average molecular weight is 261 g/mol. The maximum atomic E-state index is 5.64. The van der Waals surface area contributed by atoms with Crippen LogP contribution in [0.4, 0.5) is 0 Å². The highest BCUT2D eigenvalue weighted by atomic mass is 15.1. The summed E-state index contributed by atoms with van der Waals surface area (Å²) in [7, 11) is 0. The van der Waals surface area contributed by atoms with Gasteiger partial charge in [0.25, 0.3) is 0 Å². The van der Waals surface area contributed by atoms with E-state index in [4.69, 9.17) is 5.73 Å². The number of aromatic nitrogens is 1. The predicted molar refractivity (Wildman–Crippen MR) is 79.6 cm³/mol. The molecule has 0 amide bonds. The molecular weight excluding hydrogens is 234 g/mol. The molecule has 106 valence electrons. The number of nitrogens with zero attached hydrogens (tertiary/aromatic N) is 2. The Bertz CT molecular complexity index is 401. The minimum atomic E-state index is 0.448. The van der Waals surface area contributed by atoms with Crippen LogP contribution in [0.1, 0.15) is 45.0 Å². The molecule has 1 aliphatic rings. The van der Waals surface area contributed by atoms with Gasteiger partial charge in [0.05, 0.1) is 11.4 Å². The van der Waals surface area contributed by atoms with Crippen molar-refractivity contribution in [3.63, 3.8) is 0 Å². The fourth-order valence-corrected chi connectivity index (χ4v) is 2.92. The Balaban J connectivity index is 1.88.